The van der Waals surface area contributed by atoms with Gasteiger partial charge in [-0.3, -0.25) is 4.79 Å². The zero-order valence-electron chi connectivity index (χ0n) is 18.4. The largest absolute Gasteiger partial charge is 0.356 e. The molecule has 2 nitrogen and oxygen atoms in total. The van der Waals surface area contributed by atoms with Crippen LogP contribution in [-0.4, -0.2) is 12.5 Å². The summed E-state index contributed by atoms with van der Waals surface area (Å²) in [7, 11) is 0. The van der Waals surface area contributed by atoms with Crippen LogP contribution in [0.3, 0.4) is 0 Å². The van der Waals surface area contributed by atoms with Crippen molar-refractivity contribution in [3.8, 4) is 11.1 Å². The molecule has 0 aliphatic carbocycles. The van der Waals surface area contributed by atoms with Crippen LogP contribution in [0.25, 0.3) is 21.9 Å². The number of hydrogen-bond donors (Lipinski definition) is 1. The summed E-state index contributed by atoms with van der Waals surface area (Å²) in [6.45, 7) is 11.6. The maximum Gasteiger partial charge on any atom is 0.220 e. The molecule has 0 saturated carbocycles. The fraction of sp³-hybridized carbons (Fsp3) is 0.370. The highest BCUT2D eigenvalue weighted by atomic mass is 16.1. The standard InChI is InChI=1S/C27H33NO/c1-19-8-6-7-9-25(19)23-11-10-22-16-20(2)21(17-24(22)18-23)12-13-26(29)28-15-14-27(3,4)5/h6-11,16-18H,12-15H2,1-5H3,(H,28,29). The topological polar surface area (TPSA) is 29.1 Å². The Morgan fingerprint density at radius 3 is 2.38 bits per heavy atom. The van der Waals surface area contributed by atoms with Crippen molar-refractivity contribution < 1.29 is 4.79 Å². The smallest absolute Gasteiger partial charge is 0.220 e. The maximum absolute atomic E-state index is 12.2. The number of carbonyl (C=O) groups excluding carboxylic acids is 1. The highest BCUT2D eigenvalue weighted by Gasteiger charge is 2.11. The molecule has 1 N–H and O–H groups in total. The van der Waals surface area contributed by atoms with Gasteiger partial charge >= 0.3 is 0 Å². The van der Waals surface area contributed by atoms with Gasteiger partial charge in [0.05, 0.1) is 0 Å². The van der Waals surface area contributed by atoms with Gasteiger partial charge in [0, 0.05) is 13.0 Å². The Balaban J connectivity index is 1.74. The minimum atomic E-state index is 0.141. The fourth-order valence-corrected chi connectivity index (χ4v) is 3.71. The third kappa shape index (κ3) is 5.69. The molecule has 0 fully saturated rings. The summed E-state index contributed by atoms with van der Waals surface area (Å²) >= 11 is 0. The van der Waals surface area contributed by atoms with Crippen molar-refractivity contribution in [2.75, 3.05) is 6.54 Å². The minimum Gasteiger partial charge on any atom is -0.356 e. The maximum atomic E-state index is 12.2. The second-order valence-electron chi connectivity index (χ2n) is 9.32. The molecule has 1 amide bonds. The molecule has 3 rings (SSSR count). The average Bonchev–Trinajstić information content (AvgIpc) is 2.65. The Morgan fingerprint density at radius 1 is 0.897 bits per heavy atom. The van der Waals surface area contributed by atoms with E-state index in [-0.39, 0.29) is 11.3 Å². The van der Waals surface area contributed by atoms with Crippen molar-refractivity contribution in [1.29, 1.82) is 0 Å². The minimum absolute atomic E-state index is 0.141. The summed E-state index contributed by atoms with van der Waals surface area (Å²) in [4.78, 5) is 12.2. The molecule has 0 spiro atoms. The van der Waals surface area contributed by atoms with E-state index in [1.165, 1.54) is 38.6 Å². The molecule has 0 unspecified atom stereocenters. The number of amides is 1. The number of fused-ring (bicyclic) bond motifs is 1. The number of aryl methyl sites for hydroxylation is 3. The van der Waals surface area contributed by atoms with Crippen LogP contribution in [0.15, 0.2) is 54.6 Å². The lowest BCUT2D eigenvalue weighted by Crippen LogP contribution is -2.27. The first kappa shape index (κ1) is 21.1. The normalized spacial score (nSPS) is 11.6. The second kappa shape index (κ2) is 8.82. The SMILES string of the molecule is Cc1cc2ccc(-c3ccccc3C)cc2cc1CCC(=O)NCCC(C)(C)C. The Kier molecular flexibility index (Phi) is 6.42. The molecule has 0 aliphatic rings. The van der Waals surface area contributed by atoms with E-state index in [9.17, 15) is 4.79 Å². The molecule has 0 atom stereocenters. The van der Waals surface area contributed by atoms with Crippen molar-refractivity contribution in [1.82, 2.24) is 5.32 Å². The summed E-state index contributed by atoms with van der Waals surface area (Å²) in [6.07, 6.45) is 2.31. The molecular formula is C27H33NO. The lowest BCUT2D eigenvalue weighted by molar-refractivity contribution is -0.121. The molecule has 3 aromatic rings. The van der Waals surface area contributed by atoms with Crippen molar-refractivity contribution in [3.63, 3.8) is 0 Å². The Morgan fingerprint density at radius 2 is 1.66 bits per heavy atom. The van der Waals surface area contributed by atoms with Crippen LogP contribution in [0.1, 0.15) is 50.3 Å². The van der Waals surface area contributed by atoms with E-state index in [4.69, 9.17) is 0 Å². The van der Waals surface area contributed by atoms with Crippen molar-refractivity contribution in [2.24, 2.45) is 5.41 Å². The predicted octanol–water partition coefficient (Wildman–Crippen LogP) is 6.61. The van der Waals surface area contributed by atoms with Crippen molar-refractivity contribution in [2.45, 2.75) is 53.9 Å². The average molecular weight is 388 g/mol. The lowest BCUT2D eigenvalue weighted by Gasteiger charge is -2.18. The highest BCUT2D eigenvalue weighted by Crippen LogP contribution is 2.29. The molecule has 152 valence electrons. The van der Waals surface area contributed by atoms with Gasteiger partial charge in [0.1, 0.15) is 0 Å². The van der Waals surface area contributed by atoms with Gasteiger partial charge in [0.15, 0.2) is 0 Å². The van der Waals surface area contributed by atoms with E-state index in [1.54, 1.807) is 0 Å². The molecule has 0 radical (unpaired) electrons. The van der Waals surface area contributed by atoms with Crippen LogP contribution in [0, 0.1) is 19.3 Å². The fourth-order valence-electron chi connectivity index (χ4n) is 3.71. The molecule has 2 heteroatoms. The van der Waals surface area contributed by atoms with Gasteiger partial charge in [-0.2, -0.15) is 0 Å². The van der Waals surface area contributed by atoms with Gasteiger partial charge in [-0.1, -0.05) is 69.3 Å². The summed E-state index contributed by atoms with van der Waals surface area (Å²) in [5.41, 5.74) is 6.55. The van der Waals surface area contributed by atoms with Crippen LogP contribution in [0.4, 0.5) is 0 Å². The zero-order chi connectivity index (χ0) is 21.0. The predicted molar refractivity (Wildman–Crippen MR) is 124 cm³/mol. The van der Waals surface area contributed by atoms with E-state index < -0.39 is 0 Å². The van der Waals surface area contributed by atoms with Gasteiger partial charge in [-0.25, -0.2) is 0 Å². The quantitative estimate of drug-likeness (QED) is 0.507. The lowest BCUT2D eigenvalue weighted by atomic mass is 9.92. The van der Waals surface area contributed by atoms with Crippen molar-refractivity contribution in [3.05, 3.63) is 71.3 Å². The molecule has 0 heterocycles. The van der Waals surface area contributed by atoms with E-state index in [1.807, 2.05) is 0 Å². The summed E-state index contributed by atoms with van der Waals surface area (Å²) in [5.74, 6) is 0.141. The van der Waals surface area contributed by atoms with Crippen LogP contribution in [0.2, 0.25) is 0 Å². The Hall–Kier alpha value is -2.61. The molecule has 0 saturated heterocycles. The van der Waals surface area contributed by atoms with Crippen molar-refractivity contribution >= 4 is 16.7 Å². The first-order valence-corrected chi connectivity index (χ1v) is 10.6. The van der Waals surface area contributed by atoms with Crippen LogP contribution >= 0.6 is 0 Å². The first-order chi connectivity index (χ1) is 13.7. The highest BCUT2D eigenvalue weighted by molar-refractivity contribution is 5.89. The van der Waals surface area contributed by atoms with E-state index in [0.717, 1.165) is 19.4 Å². The molecule has 0 aliphatic heterocycles. The van der Waals surface area contributed by atoms with Gasteiger partial charge < -0.3 is 5.32 Å². The summed E-state index contributed by atoms with van der Waals surface area (Å²) in [5, 5.41) is 5.55. The number of benzene rings is 3. The van der Waals surface area contributed by atoms with Gasteiger partial charge in [-0.15, -0.1) is 0 Å². The third-order valence-corrected chi connectivity index (χ3v) is 5.57. The first-order valence-electron chi connectivity index (χ1n) is 10.6. The van der Waals surface area contributed by atoms with Gasteiger partial charge in [0.25, 0.3) is 0 Å². The number of carbonyl (C=O) groups is 1. The molecule has 29 heavy (non-hydrogen) atoms. The third-order valence-electron chi connectivity index (χ3n) is 5.57. The number of hydrogen-bond acceptors (Lipinski definition) is 1. The Bertz CT molecular complexity index is 1010. The monoisotopic (exact) mass is 387 g/mol. The molecule has 0 aromatic heterocycles. The van der Waals surface area contributed by atoms with Crippen LogP contribution in [0.5, 0.6) is 0 Å². The summed E-state index contributed by atoms with van der Waals surface area (Å²) < 4.78 is 0. The van der Waals surface area contributed by atoms with Crippen LogP contribution < -0.4 is 5.32 Å². The van der Waals surface area contributed by atoms with Crippen LogP contribution in [-0.2, 0) is 11.2 Å². The second-order valence-corrected chi connectivity index (χ2v) is 9.32. The molecular weight excluding hydrogens is 354 g/mol. The van der Waals surface area contributed by atoms with Gasteiger partial charge in [-0.05, 0) is 76.8 Å². The summed E-state index contributed by atoms with van der Waals surface area (Å²) in [6, 6.07) is 19.7. The molecule has 0 bridgehead atoms. The Labute approximate surface area is 175 Å². The van der Waals surface area contributed by atoms with E-state index in [2.05, 4.69) is 94.5 Å². The number of rotatable bonds is 6. The van der Waals surface area contributed by atoms with Gasteiger partial charge in [0.2, 0.25) is 5.91 Å². The molecule has 3 aromatic carbocycles. The number of nitrogens with one attached hydrogen (secondary N) is 1. The van der Waals surface area contributed by atoms with E-state index >= 15 is 0 Å². The zero-order valence-corrected chi connectivity index (χ0v) is 18.4. The van der Waals surface area contributed by atoms with E-state index in [0.29, 0.717) is 6.42 Å².